The lowest BCUT2D eigenvalue weighted by Crippen LogP contribution is -2.31. The van der Waals surface area contributed by atoms with E-state index in [1.54, 1.807) is 0 Å². The Bertz CT molecular complexity index is 221. The number of nitrogens with two attached hydrogens (primary N) is 1. The Morgan fingerprint density at radius 1 is 1.67 bits per heavy atom. The van der Waals surface area contributed by atoms with E-state index in [1.807, 2.05) is 0 Å². The summed E-state index contributed by atoms with van der Waals surface area (Å²) in [5.41, 5.74) is 5.25. The van der Waals surface area contributed by atoms with Gasteiger partial charge in [-0.3, -0.25) is 9.79 Å². The van der Waals surface area contributed by atoms with Crippen LogP contribution in [0.5, 0.6) is 0 Å². The fraction of sp³-hybridized carbons (Fsp3) is 0.286. The summed E-state index contributed by atoms with van der Waals surface area (Å²) in [5.74, 6) is -0.411. The Morgan fingerprint density at radius 3 is 2.75 bits per heavy atom. The molecule has 1 amide bonds. The Labute approximate surface area is 70.3 Å². The van der Waals surface area contributed by atoms with Crippen molar-refractivity contribution in [1.29, 1.82) is 0 Å². The molecule has 0 rings (SSSR count). The Morgan fingerprint density at radius 2 is 2.33 bits per heavy atom. The molecule has 0 aliphatic rings. The maximum absolute atomic E-state index is 11.0. The second-order valence-corrected chi connectivity index (χ2v) is 1.84. The topological polar surface area (TPSA) is 84.5 Å². The van der Waals surface area contributed by atoms with Gasteiger partial charge in [-0.2, -0.15) is 0 Å². The van der Waals surface area contributed by atoms with Gasteiger partial charge in [-0.25, -0.2) is 0 Å². The smallest absolute Gasteiger partial charge is 0.269 e. The third-order valence-corrected chi connectivity index (χ3v) is 1.07. The van der Waals surface area contributed by atoms with Crippen molar-refractivity contribution in [1.82, 2.24) is 5.32 Å². The number of nitrogens with one attached hydrogen (secondary N) is 1. The average molecular weight is 169 g/mol. The van der Waals surface area contributed by atoms with E-state index in [9.17, 15) is 9.59 Å². The molecule has 0 aromatic heterocycles. The van der Waals surface area contributed by atoms with E-state index in [4.69, 9.17) is 5.73 Å². The molecule has 66 valence electrons. The molecule has 0 fully saturated rings. The highest BCUT2D eigenvalue weighted by Crippen LogP contribution is 1.79. The zero-order valence-electron chi connectivity index (χ0n) is 6.78. The molecule has 0 heterocycles. The summed E-state index contributed by atoms with van der Waals surface area (Å²) in [6.07, 6.45) is 3.17. The molecule has 0 unspecified atom stereocenters. The van der Waals surface area contributed by atoms with Crippen molar-refractivity contribution in [2.24, 2.45) is 10.7 Å². The van der Waals surface area contributed by atoms with Gasteiger partial charge in [0.05, 0.1) is 6.54 Å². The first kappa shape index (κ1) is 10.3. The number of hydrogen-bond donors (Lipinski definition) is 2. The number of aldehydes is 1. The van der Waals surface area contributed by atoms with Crippen molar-refractivity contribution in [3.05, 3.63) is 12.3 Å². The molecule has 0 aliphatic carbocycles. The van der Waals surface area contributed by atoms with Crippen molar-refractivity contribution in [3.8, 4) is 0 Å². The summed E-state index contributed by atoms with van der Waals surface area (Å²) in [5, 5.41) is 2.32. The van der Waals surface area contributed by atoms with Crippen LogP contribution in [0.15, 0.2) is 17.3 Å². The van der Waals surface area contributed by atoms with Crippen molar-refractivity contribution in [2.45, 2.75) is 0 Å². The lowest BCUT2D eigenvalue weighted by atomic mass is 10.3. The molecule has 0 spiro atoms. The van der Waals surface area contributed by atoms with Crippen LogP contribution in [-0.2, 0) is 9.59 Å². The zero-order chi connectivity index (χ0) is 9.40. The van der Waals surface area contributed by atoms with Gasteiger partial charge in [0.2, 0.25) is 0 Å². The van der Waals surface area contributed by atoms with Gasteiger partial charge in [0, 0.05) is 7.05 Å². The van der Waals surface area contributed by atoms with Crippen LogP contribution in [0.4, 0.5) is 0 Å². The maximum atomic E-state index is 11.0. The highest BCUT2D eigenvalue weighted by molar-refractivity contribution is 6.43. The molecule has 0 aliphatic heterocycles. The number of carbonyl (C=O) groups is 2. The highest BCUT2D eigenvalue weighted by atomic mass is 16.2. The average Bonchev–Trinajstić information content (AvgIpc) is 2.10. The lowest BCUT2D eigenvalue weighted by Gasteiger charge is -1.98. The summed E-state index contributed by atoms with van der Waals surface area (Å²) in [7, 11) is 1.47. The van der Waals surface area contributed by atoms with Gasteiger partial charge in [0.1, 0.15) is 12.0 Å². The summed E-state index contributed by atoms with van der Waals surface area (Å²) in [6, 6.07) is 0. The third-order valence-electron chi connectivity index (χ3n) is 1.07. The number of amides is 1. The highest BCUT2D eigenvalue weighted by Gasteiger charge is 2.04. The molecule has 0 saturated carbocycles. The van der Waals surface area contributed by atoms with Gasteiger partial charge >= 0.3 is 0 Å². The minimum Gasteiger partial charge on any atom is -0.405 e. The zero-order valence-corrected chi connectivity index (χ0v) is 6.78. The molecule has 5 nitrogen and oxygen atoms in total. The van der Waals surface area contributed by atoms with Gasteiger partial charge in [-0.15, -0.1) is 0 Å². The van der Waals surface area contributed by atoms with Crippen LogP contribution in [0.1, 0.15) is 0 Å². The second-order valence-electron chi connectivity index (χ2n) is 1.84. The minimum absolute atomic E-state index is 0.0176. The fourth-order valence-electron chi connectivity index (χ4n) is 0.568. The first-order chi connectivity index (χ1) is 5.76. The van der Waals surface area contributed by atoms with Crippen LogP contribution < -0.4 is 11.1 Å². The van der Waals surface area contributed by atoms with E-state index in [1.165, 1.54) is 19.3 Å². The van der Waals surface area contributed by atoms with E-state index in [-0.39, 0.29) is 12.3 Å². The van der Waals surface area contributed by atoms with Gasteiger partial charge in [-0.05, 0) is 12.3 Å². The molecular formula is C7H11N3O2. The summed E-state index contributed by atoms with van der Waals surface area (Å²) >= 11 is 0. The van der Waals surface area contributed by atoms with E-state index in [0.29, 0.717) is 6.29 Å². The molecule has 0 atom stereocenters. The molecule has 0 aromatic rings. The molecule has 0 saturated heterocycles. The van der Waals surface area contributed by atoms with Crippen LogP contribution >= 0.6 is 0 Å². The molecule has 5 heteroatoms. The van der Waals surface area contributed by atoms with Crippen LogP contribution in [0.25, 0.3) is 0 Å². The second kappa shape index (κ2) is 6.09. The Kier molecular flexibility index (Phi) is 5.25. The van der Waals surface area contributed by atoms with Crippen LogP contribution in [0.3, 0.4) is 0 Å². The van der Waals surface area contributed by atoms with E-state index < -0.39 is 5.91 Å². The van der Waals surface area contributed by atoms with Gasteiger partial charge < -0.3 is 15.8 Å². The maximum Gasteiger partial charge on any atom is 0.269 e. The number of aliphatic imine (C=N–C) groups is 1. The van der Waals surface area contributed by atoms with Crippen molar-refractivity contribution < 1.29 is 9.59 Å². The first-order valence-electron chi connectivity index (χ1n) is 3.33. The number of carbonyl (C=O) groups excluding carboxylic acids is 2. The molecule has 0 radical (unpaired) electrons. The Balaban J connectivity index is 4.14. The number of nitrogens with zero attached hydrogens (tertiary/aromatic N) is 1. The van der Waals surface area contributed by atoms with Crippen LogP contribution in [-0.4, -0.2) is 31.5 Å². The number of rotatable bonds is 4. The van der Waals surface area contributed by atoms with Gasteiger partial charge in [-0.1, -0.05) is 0 Å². The first-order valence-corrected chi connectivity index (χ1v) is 3.33. The molecule has 0 bridgehead atoms. The van der Waals surface area contributed by atoms with Crippen molar-refractivity contribution in [3.63, 3.8) is 0 Å². The normalized spacial score (nSPS) is 11.6. The Hall–Kier alpha value is -1.65. The number of hydrogen-bond acceptors (Lipinski definition) is 4. The van der Waals surface area contributed by atoms with Crippen LogP contribution in [0.2, 0.25) is 0 Å². The monoisotopic (exact) mass is 169 g/mol. The quantitative estimate of drug-likeness (QED) is 0.411. The predicted molar refractivity (Wildman–Crippen MR) is 45.8 cm³/mol. The lowest BCUT2D eigenvalue weighted by molar-refractivity contribution is -0.116. The fourth-order valence-corrected chi connectivity index (χ4v) is 0.568. The van der Waals surface area contributed by atoms with E-state index in [0.717, 1.165) is 0 Å². The summed E-state index contributed by atoms with van der Waals surface area (Å²) in [6.45, 7) is -0.0176. The summed E-state index contributed by atoms with van der Waals surface area (Å²) < 4.78 is 0. The van der Waals surface area contributed by atoms with Crippen molar-refractivity contribution >= 4 is 17.9 Å². The van der Waals surface area contributed by atoms with Gasteiger partial charge in [0.25, 0.3) is 5.91 Å². The molecule has 0 aromatic carbocycles. The molecule has 12 heavy (non-hydrogen) atoms. The van der Waals surface area contributed by atoms with Gasteiger partial charge in [0.15, 0.2) is 0 Å². The molecular weight excluding hydrogens is 158 g/mol. The van der Waals surface area contributed by atoms with Crippen LogP contribution in [0, 0.1) is 0 Å². The largest absolute Gasteiger partial charge is 0.405 e. The molecule has 3 N–H and O–H groups in total. The predicted octanol–water partition coefficient (Wildman–Crippen LogP) is -1.16. The third kappa shape index (κ3) is 3.50. The van der Waals surface area contributed by atoms with E-state index >= 15 is 0 Å². The minimum atomic E-state index is -0.411. The standard InChI is InChI=1S/C7H11N3O2/c1-9-6(2-3-8)7(12)10-4-5-11/h2-3,5H,4,8H2,1H3,(H,10,12)/b3-2-,9-6?. The summed E-state index contributed by atoms with van der Waals surface area (Å²) in [4.78, 5) is 24.5. The van der Waals surface area contributed by atoms with E-state index in [2.05, 4.69) is 10.3 Å². The van der Waals surface area contributed by atoms with Crippen molar-refractivity contribution in [2.75, 3.05) is 13.6 Å². The SMILES string of the molecule is CN=C(/C=C\N)C(=O)NCC=O.